The Morgan fingerprint density at radius 1 is 1.19 bits per heavy atom. The lowest BCUT2D eigenvalue weighted by molar-refractivity contribution is -0.139. The Labute approximate surface area is 162 Å². The fourth-order valence-corrected chi connectivity index (χ4v) is 3.25. The highest BCUT2D eigenvalue weighted by Gasteiger charge is 2.20. The summed E-state index contributed by atoms with van der Waals surface area (Å²) in [5, 5.41) is 14.2. The van der Waals surface area contributed by atoms with Crippen molar-refractivity contribution in [2.24, 2.45) is 0 Å². The van der Waals surface area contributed by atoms with E-state index in [0.717, 1.165) is 22.0 Å². The topological polar surface area (TPSA) is 83.6 Å². The van der Waals surface area contributed by atoms with Crippen LogP contribution in [-0.4, -0.2) is 36.3 Å². The summed E-state index contributed by atoms with van der Waals surface area (Å²) in [5.41, 5.74) is 2.67. The van der Waals surface area contributed by atoms with Gasteiger partial charge in [-0.3, -0.25) is 10.1 Å². The molecule has 0 fully saturated rings. The van der Waals surface area contributed by atoms with Crippen molar-refractivity contribution in [3.63, 3.8) is 0 Å². The Morgan fingerprint density at radius 2 is 1.89 bits per heavy atom. The van der Waals surface area contributed by atoms with Gasteiger partial charge in [0, 0.05) is 41.2 Å². The number of aromatic nitrogens is 1. The number of fused-ring (bicyclic) bond motifs is 1. The molecule has 0 aliphatic heterocycles. The number of aromatic amines is 1. The minimum Gasteiger partial charge on any atom is -0.493 e. The van der Waals surface area contributed by atoms with E-state index in [4.69, 9.17) is 21.1 Å². The second-order valence-corrected chi connectivity index (χ2v) is 6.54. The lowest BCUT2D eigenvalue weighted by atomic mass is 10.0. The fourth-order valence-electron chi connectivity index (χ4n) is 3.03. The highest BCUT2D eigenvalue weighted by Crippen LogP contribution is 2.33. The molecule has 1 atom stereocenters. The Morgan fingerprint density at radius 3 is 2.59 bits per heavy atom. The van der Waals surface area contributed by atoms with Gasteiger partial charge in [-0.05, 0) is 23.3 Å². The van der Waals surface area contributed by atoms with Crippen molar-refractivity contribution in [3.05, 3.63) is 58.7 Å². The molecular weight excluding hydrogens is 368 g/mol. The van der Waals surface area contributed by atoms with E-state index in [2.05, 4.69) is 10.3 Å². The Kier molecular flexibility index (Phi) is 5.88. The van der Waals surface area contributed by atoms with E-state index in [1.54, 1.807) is 19.2 Å². The molecule has 0 aliphatic carbocycles. The average Bonchev–Trinajstić information content (AvgIpc) is 3.08. The van der Waals surface area contributed by atoms with Gasteiger partial charge in [0.15, 0.2) is 11.5 Å². The van der Waals surface area contributed by atoms with E-state index < -0.39 is 12.0 Å². The van der Waals surface area contributed by atoms with E-state index in [9.17, 15) is 9.90 Å². The molecule has 0 aliphatic rings. The van der Waals surface area contributed by atoms with E-state index in [1.165, 1.54) is 7.11 Å². The number of carboxylic acids is 1. The van der Waals surface area contributed by atoms with Crippen LogP contribution in [0.25, 0.3) is 10.9 Å². The maximum Gasteiger partial charge on any atom is 0.321 e. The lowest BCUT2D eigenvalue weighted by Gasteiger charge is -2.16. The normalized spacial score (nSPS) is 12.1. The van der Waals surface area contributed by atoms with Crippen LogP contribution >= 0.6 is 11.6 Å². The van der Waals surface area contributed by atoms with E-state index in [1.807, 2.05) is 30.5 Å². The second-order valence-electron chi connectivity index (χ2n) is 6.13. The van der Waals surface area contributed by atoms with Gasteiger partial charge in [0.05, 0.1) is 14.2 Å². The number of hydrogen-bond donors (Lipinski definition) is 3. The van der Waals surface area contributed by atoms with Crippen molar-refractivity contribution >= 4 is 28.5 Å². The summed E-state index contributed by atoms with van der Waals surface area (Å²) >= 11 is 6.29. The number of rotatable bonds is 8. The third kappa shape index (κ3) is 4.18. The van der Waals surface area contributed by atoms with Gasteiger partial charge >= 0.3 is 5.97 Å². The van der Waals surface area contributed by atoms with Crippen LogP contribution in [0, 0.1) is 0 Å². The first kappa shape index (κ1) is 19.1. The summed E-state index contributed by atoms with van der Waals surface area (Å²) in [5.74, 6) is 0.152. The van der Waals surface area contributed by atoms with Crippen LogP contribution in [0.5, 0.6) is 11.5 Å². The Bertz CT molecular complexity index is 954. The summed E-state index contributed by atoms with van der Waals surface area (Å²) in [7, 11) is 3.08. The molecule has 3 rings (SSSR count). The zero-order valence-corrected chi connectivity index (χ0v) is 15.8. The van der Waals surface area contributed by atoms with Crippen molar-refractivity contribution in [1.29, 1.82) is 0 Å². The van der Waals surface area contributed by atoms with Gasteiger partial charge < -0.3 is 19.6 Å². The smallest absolute Gasteiger partial charge is 0.321 e. The van der Waals surface area contributed by atoms with Crippen molar-refractivity contribution in [1.82, 2.24) is 10.3 Å². The average molecular weight is 389 g/mol. The molecular formula is C20H21ClN2O4. The summed E-state index contributed by atoms with van der Waals surface area (Å²) < 4.78 is 10.5. The van der Waals surface area contributed by atoms with Crippen LogP contribution in [-0.2, 0) is 17.8 Å². The molecule has 3 aromatic rings. The summed E-state index contributed by atoms with van der Waals surface area (Å²) in [4.78, 5) is 14.9. The quantitative estimate of drug-likeness (QED) is 0.549. The molecule has 1 heterocycles. The van der Waals surface area contributed by atoms with E-state index in [0.29, 0.717) is 29.5 Å². The second kappa shape index (κ2) is 8.33. The highest BCUT2D eigenvalue weighted by molar-refractivity contribution is 6.31. The lowest BCUT2D eigenvalue weighted by Crippen LogP contribution is -2.38. The maximum absolute atomic E-state index is 11.7. The number of para-hydroxylation sites is 1. The van der Waals surface area contributed by atoms with Crippen molar-refractivity contribution in [2.75, 3.05) is 14.2 Å². The third-order valence-electron chi connectivity index (χ3n) is 4.49. The Balaban J connectivity index is 1.77. The minimum absolute atomic E-state index is 0.290. The van der Waals surface area contributed by atoms with Gasteiger partial charge in [0.1, 0.15) is 6.04 Å². The monoisotopic (exact) mass is 388 g/mol. The minimum atomic E-state index is -0.920. The first-order valence-electron chi connectivity index (χ1n) is 8.45. The zero-order chi connectivity index (χ0) is 19.4. The molecule has 1 aromatic heterocycles. The Hall–Kier alpha value is -2.70. The van der Waals surface area contributed by atoms with Crippen molar-refractivity contribution in [2.45, 2.75) is 19.0 Å². The number of methoxy groups -OCH3 is 2. The standard InChI is InChI=1S/C20H21ClN2O4/c1-26-18-8-13(15(21)9-19(18)27-2)11-23-17(20(24)25)7-12-10-22-16-6-4-3-5-14(12)16/h3-6,8-10,17,22-23H,7,11H2,1-2H3,(H,24,25). The molecule has 0 saturated heterocycles. The number of benzene rings is 2. The maximum atomic E-state index is 11.7. The number of H-pyrrole nitrogens is 1. The molecule has 0 bridgehead atoms. The molecule has 6 nitrogen and oxygen atoms in total. The first-order valence-corrected chi connectivity index (χ1v) is 8.83. The predicted octanol–water partition coefficient (Wildman–Crippen LogP) is 3.62. The van der Waals surface area contributed by atoms with Crippen LogP contribution in [0.2, 0.25) is 5.02 Å². The summed E-state index contributed by atoms with van der Waals surface area (Å²) in [6.45, 7) is 0.290. The number of carbonyl (C=O) groups is 1. The van der Waals surface area contributed by atoms with Crippen LogP contribution in [0.3, 0.4) is 0 Å². The fraction of sp³-hybridized carbons (Fsp3) is 0.250. The molecule has 27 heavy (non-hydrogen) atoms. The molecule has 142 valence electrons. The number of aliphatic carboxylic acids is 1. The van der Waals surface area contributed by atoms with Crippen LogP contribution < -0.4 is 14.8 Å². The van der Waals surface area contributed by atoms with E-state index >= 15 is 0 Å². The largest absolute Gasteiger partial charge is 0.493 e. The molecule has 2 aromatic carbocycles. The SMILES string of the molecule is COc1cc(Cl)c(CNC(Cc2c[nH]c3ccccc23)C(=O)O)cc1OC. The van der Waals surface area contributed by atoms with Gasteiger partial charge in [-0.2, -0.15) is 0 Å². The molecule has 0 saturated carbocycles. The molecule has 0 spiro atoms. The zero-order valence-electron chi connectivity index (χ0n) is 15.1. The van der Waals surface area contributed by atoms with Gasteiger partial charge in [-0.15, -0.1) is 0 Å². The van der Waals surface area contributed by atoms with E-state index in [-0.39, 0.29) is 0 Å². The molecule has 1 unspecified atom stereocenters. The highest BCUT2D eigenvalue weighted by atomic mass is 35.5. The number of ether oxygens (including phenoxy) is 2. The molecule has 0 amide bonds. The molecule has 0 radical (unpaired) electrons. The predicted molar refractivity (Wildman–Crippen MR) is 105 cm³/mol. The number of halogens is 1. The molecule has 7 heteroatoms. The van der Waals surface area contributed by atoms with Crippen molar-refractivity contribution < 1.29 is 19.4 Å². The van der Waals surface area contributed by atoms with Crippen LogP contribution in [0.1, 0.15) is 11.1 Å². The number of carboxylic acid groups (broad SMARTS) is 1. The summed E-state index contributed by atoms with van der Waals surface area (Å²) in [6, 6.07) is 10.5. The van der Waals surface area contributed by atoms with Gasteiger partial charge in [-0.25, -0.2) is 0 Å². The van der Waals surface area contributed by atoms with Gasteiger partial charge in [0.25, 0.3) is 0 Å². The summed E-state index contributed by atoms with van der Waals surface area (Å²) in [6.07, 6.45) is 2.20. The van der Waals surface area contributed by atoms with Gasteiger partial charge in [0.2, 0.25) is 0 Å². The van der Waals surface area contributed by atoms with Crippen molar-refractivity contribution in [3.8, 4) is 11.5 Å². The molecule has 3 N–H and O–H groups in total. The number of nitrogens with one attached hydrogen (secondary N) is 2. The van der Waals surface area contributed by atoms with Crippen LogP contribution in [0.15, 0.2) is 42.6 Å². The van der Waals surface area contributed by atoms with Crippen LogP contribution in [0.4, 0.5) is 0 Å². The third-order valence-corrected chi connectivity index (χ3v) is 4.84. The van der Waals surface area contributed by atoms with Gasteiger partial charge in [-0.1, -0.05) is 29.8 Å². The number of hydrogen-bond acceptors (Lipinski definition) is 4. The first-order chi connectivity index (χ1) is 13.0.